The molecule has 0 aliphatic carbocycles. The Balaban J connectivity index is 1.42. The van der Waals surface area contributed by atoms with E-state index in [0.717, 1.165) is 5.69 Å². The molecular weight excluding hydrogens is 346 g/mol. The number of amides is 1. The quantitative estimate of drug-likeness (QED) is 0.737. The van der Waals surface area contributed by atoms with E-state index in [1.165, 1.54) is 12.4 Å². The monoisotopic (exact) mass is 359 g/mol. The lowest BCUT2D eigenvalue weighted by molar-refractivity contribution is 0.102. The van der Waals surface area contributed by atoms with Gasteiger partial charge in [-0.2, -0.15) is 5.26 Å². The Morgan fingerprint density at radius 1 is 1.00 bits per heavy atom. The number of hydrogen-bond acceptors (Lipinski definition) is 7. The second-order valence-electron chi connectivity index (χ2n) is 5.63. The van der Waals surface area contributed by atoms with Crippen LogP contribution in [0.25, 0.3) is 0 Å². The van der Waals surface area contributed by atoms with Crippen molar-refractivity contribution in [2.75, 3.05) is 17.4 Å². The van der Waals surface area contributed by atoms with Crippen molar-refractivity contribution in [1.29, 1.82) is 5.26 Å². The van der Waals surface area contributed by atoms with E-state index in [2.05, 4.69) is 26.7 Å². The third-order valence-corrected chi connectivity index (χ3v) is 3.81. The summed E-state index contributed by atoms with van der Waals surface area (Å²) >= 11 is 0. The van der Waals surface area contributed by atoms with Gasteiger partial charge < -0.3 is 20.1 Å². The first-order chi connectivity index (χ1) is 13.2. The van der Waals surface area contributed by atoms with Crippen LogP contribution in [0.3, 0.4) is 0 Å². The zero-order chi connectivity index (χ0) is 18.6. The molecule has 4 rings (SSSR count). The van der Waals surface area contributed by atoms with E-state index in [9.17, 15) is 4.79 Å². The van der Waals surface area contributed by atoms with Crippen molar-refractivity contribution in [1.82, 2.24) is 9.97 Å². The fourth-order valence-corrected chi connectivity index (χ4v) is 2.44. The second kappa shape index (κ2) is 7.01. The summed E-state index contributed by atoms with van der Waals surface area (Å²) in [5, 5.41) is 14.6. The van der Waals surface area contributed by atoms with Crippen molar-refractivity contribution in [3.8, 4) is 17.6 Å². The average Bonchev–Trinajstić information content (AvgIpc) is 3.17. The number of benzene rings is 2. The highest BCUT2D eigenvalue weighted by Crippen LogP contribution is 2.34. The maximum absolute atomic E-state index is 12.3. The molecule has 0 saturated heterocycles. The fraction of sp³-hybridized carbons (Fsp3) is 0.0526. The summed E-state index contributed by atoms with van der Waals surface area (Å²) in [6, 6.07) is 14.1. The van der Waals surface area contributed by atoms with Crippen molar-refractivity contribution >= 4 is 23.2 Å². The summed E-state index contributed by atoms with van der Waals surface area (Å²) in [4.78, 5) is 20.6. The van der Waals surface area contributed by atoms with E-state index < -0.39 is 0 Å². The first-order valence-corrected chi connectivity index (χ1v) is 8.01. The van der Waals surface area contributed by atoms with Crippen LogP contribution in [0.2, 0.25) is 0 Å². The molecule has 3 aromatic rings. The van der Waals surface area contributed by atoms with E-state index in [-0.39, 0.29) is 12.7 Å². The minimum Gasteiger partial charge on any atom is -0.454 e. The summed E-state index contributed by atoms with van der Waals surface area (Å²) in [5.41, 5.74) is 2.21. The van der Waals surface area contributed by atoms with Crippen LogP contribution in [-0.4, -0.2) is 22.7 Å². The van der Waals surface area contributed by atoms with Crippen LogP contribution in [0.4, 0.5) is 17.3 Å². The van der Waals surface area contributed by atoms with Crippen molar-refractivity contribution in [3.05, 3.63) is 66.0 Å². The first kappa shape index (κ1) is 16.4. The molecule has 8 heteroatoms. The van der Waals surface area contributed by atoms with Gasteiger partial charge in [0.1, 0.15) is 0 Å². The van der Waals surface area contributed by atoms with Gasteiger partial charge in [0.25, 0.3) is 5.91 Å². The van der Waals surface area contributed by atoms with Gasteiger partial charge in [0.2, 0.25) is 12.7 Å². The summed E-state index contributed by atoms with van der Waals surface area (Å²) in [6.45, 7) is 0.175. The SMILES string of the molecule is N#Cc1ccc(Nc2ncc(C(=O)Nc3ccc4c(c3)OCO4)cn2)cc1. The molecule has 0 radical (unpaired) electrons. The van der Waals surface area contributed by atoms with Crippen LogP contribution in [0.5, 0.6) is 11.5 Å². The number of nitrogens with one attached hydrogen (secondary N) is 2. The Kier molecular flexibility index (Phi) is 4.25. The molecule has 27 heavy (non-hydrogen) atoms. The van der Waals surface area contributed by atoms with E-state index in [0.29, 0.717) is 34.3 Å². The first-order valence-electron chi connectivity index (χ1n) is 8.01. The predicted octanol–water partition coefficient (Wildman–Crippen LogP) is 3.07. The minimum absolute atomic E-state index is 0.175. The standard InChI is InChI=1S/C19H13N5O3/c20-8-12-1-3-14(4-2-12)24-19-21-9-13(10-22-19)18(25)23-15-5-6-16-17(7-15)27-11-26-16/h1-7,9-10H,11H2,(H,23,25)(H,21,22,24). The maximum atomic E-state index is 12.3. The lowest BCUT2D eigenvalue weighted by Crippen LogP contribution is -2.13. The highest BCUT2D eigenvalue weighted by molar-refractivity contribution is 6.04. The third kappa shape index (κ3) is 3.62. The van der Waals surface area contributed by atoms with Crippen LogP contribution in [0.1, 0.15) is 15.9 Å². The van der Waals surface area contributed by atoms with Gasteiger partial charge in [-0.3, -0.25) is 4.79 Å². The molecule has 0 atom stereocenters. The average molecular weight is 359 g/mol. The molecule has 0 spiro atoms. The zero-order valence-corrected chi connectivity index (χ0v) is 14.0. The Hall–Kier alpha value is -4.12. The molecule has 1 amide bonds. The van der Waals surface area contributed by atoms with Crippen molar-refractivity contribution in [2.45, 2.75) is 0 Å². The van der Waals surface area contributed by atoms with Crippen LogP contribution >= 0.6 is 0 Å². The molecule has 1 aromatic heterocycles. The van der Waals surface area contributed by atoms with Gasteiger partial charge in [0.05, 0.1) is 17.2 Å². The lowest BCUT2D eigenvalue weighted by atomic mass is 10.2. The third-order valence-electron chi connectivity index (χ3n) is 3.81. The van der Waals surface area contributed by atoms with Crippen LogP contribution in [-0.2, 0) is 0 Å². The van der Waals surface area contributed by atoms with E-state index >= 15 is 0 Å². The number of carbonyl (C=O) groups excluding carboxylic acids is 1. The van der Waals surface area contributed by atoms with Gasteiger partial charge in [0, 0.05) is 29.8 Å². The molecule has 0 fully saturated rings. The molecule has 0 saturated carbocycles. The number of ether oxygens (including phenoxy) is 2. The smallest absolute Gasteiger partial charge is 0.258 e. The number of carbonyl (C=O) groups is 1. The molecular formula is C19H13N5O3. The Bertz CT molecular complexity index is 1030. The molecule has 8 nitrogen and oxygen atoms in total. The van der Waals surface area contributed by atoms with Crippen LogP contribution < -0.4 is 20.1 Å². The molecule has 1 aliphatic rings. The van der Waals surface area contributed by atoms with Gasteiger partial charge in [0.15, 0.2) is 11.5 Å². The Morgan fingerprint density at radius 2 is 1.70 bits per heavy atom. The number of rotatable bonds is 4. The molecule has 2 aromatic carbocycles. The summed E-state index contributed by atoms with van der Waals surface area (Å²) in [6.07, 6.45) is 2.86. The number of aromatic nitrogens is 2. The zero-order valence-electron chi connectivity index (χ0n) is 14.0. The van der Waals surface area contributed by atoms with Crippen molar-refractivity contribution < 1.29 is 14.3 Å². The molecule has 2 heterocycles. The number of nitrogens with zero attached hydrogens (tertiary/aromatic N) is 3. The molecule has 0 bridgehead atoms. The number of hydrogen-bond donors (Lipinski definition) is 2. The number of fused-ring (bicyclic) bond motifs is 1. The van der Waals surface area contributed by atoms with E-state index in [1.807, 2.05) is 0 Å². The maximum Gasteiger partial charge on any atom is 0.258 e. The fourth-order valence-electron chi connectivity index (χ4n) is 2.44. The van der Waals surface area contributed by atoms with Gasteiger partial charge in [-0.25, -0.2) is 9.97 Å². The highest BCUT2D eigenvalue weighted by Gasteiger charge is 2.15. The predicted molar refractivity (Wildman–Crippen MR) is 97.0 cm³/mol. The molecule has 1 aliphatic heterocycles. The van der Waals surface area contributed by atoms with Gasteiger partial charge in [-0.1, -0.05) is 0 Å². The summed E-state index contributed by atoms with van der Waals surface area (Å²) in [5.74, 6) is 1.25. The van der Waals surface area contributed by atoms with E-state index in [1.54, 1.807) is 42.5 Å². The van der Waals surface area contributed by atoms with Crippen molar-refractivity contribution in [2.24, 2.45) is 0 Å². The van der Waals surface area contributed by atoms with Crippen molar-refractivity contribution in [3.63, 3.8) is 0 Å². The second-order valence-corrected chi connectivity index (χ2v) is 5.63. The summed E-state index contributed by atoms with van der Waals surface area (Å²) < 4.78 is 10.5. The normalized spacial score (nSPS) is 11.5. The minimum atomic E-state index is -0.334. The highest BCUT2D eigenvalue weighted by atomic mass is 16.7. The Labute approximate surface area is 154 Å². The molecule has 0 unspecified atom stereocenters. The number of anilines is 3. The largest absolute Gasteiger partial charge is 0.454 e. The van der Waals surface area contributed by atoms with E-state index in [4.69, 9.17) is 14.7 Å². The van der Waals surface area contributed by atoms with Gasteiger partial charge >= 0.3 is 0 Å². The number of nitriles is 1. The topological polar surface area (TPSA) is 109 Å². The van der Waals surface area contributed by atoms with Gasteiger partial charge in [-0.05, 0) is 36.4 Å². The van der Waals surface area contributed by atoms with Gasteiger partial charge in [-0.15, -0.1) is 0 Å². The Morgan fingerprint density at radius 3 is 2.44 bits per heavy atom. The van der Waals surface area contributed by atoms with Crippen LogP contribution in [0, 0.1) is 11.3 Å². The van der Waals surface area contributed by atoms with Crippen LogP contribution in [0.15, 0.2) is 54.9 Å². The molecule has 132 valence electrons. The lowest BCUT2D eigenvalue weighted by Gasteiger charge is -2.07. The summed E-state index contributed by atoms with van der Waals surface area (Å²) in [7, 11) is 0. The molecule has 2 N–H and O–H groups in total.